The number of rotatable bonds is 58. The molecule has 2 aromatic rings. The number of fused-ring (bicyclic) bond motifs is 1. The number of hydrogen-bond acceptors (Lipinski definition) is 21. The van der Waals surface area contributed by atoms with Crippen molar-refractivity contribution in [2.45, 2.75) is 303 Å². The second kappa shape index (κ2) is 60.4. The van der Waals surface area contributed by atoms with Gasteiger partial charge in [-0.25, -0.2) is 15.0 Å². The maximum atomic E-state index is 12.8. The number of aliphatic hydroxyl groups is 1. The molecule has 0 aliphatic heterocycles. The summed E-state index contributed by atoms with van der Waals surface area (Å²) >= 11 is 0. The van der Waals surface area contributed by atoms with Gasteiger partial charge >= 0.3 is 83.0 Å². The molecule has 26 heteroatoms. The third kappa shape index (κ3) is 53.9. The summed E-state index contributed by atoms with van der Waals surface area (Å²) in [5, 5.41) is 10.4. The Morgan fingerprint density at radius 3 is 1.03 bits per heavy atom. The van der Waals surface area contributed by atoms with Crippen molar-refractivity contribution >= 4 is 56.5 Å². The summed E-state index contributed by atoms with van der Waals surface area (Å²) in [7, 11) is -10.4. The van der Waals surface area contributed by atoms with Crippen LogP contribution in [-0.4, -0.2) is 107 Å². The monoisotopic (exact) mass is 1310 g/mol. The molecule has 4 atom stereocenters. The van der Waals surface area contributed by atoms with Crippen molar-refractivity contribution in [3.63, 3.8) is 0 Å². The van der Waals surface area contributed by atoms with Crippen LogP contribution < -0.4 is 74.6 Å². The number of aliphatic hydroxyl groups excluding tert-OH is 1. The van der Waals surface area contributed by atoms with E-state index in [2.05, 4.69) is 47.6 Å². The zero-order chi connectivity index (χ0) is 63.2. The molecule has 2 rings (SSSR count). The van der Waals surface area contributed by atoms with Crippen LogP contribution in [0.4, 0.5) is 5.82 Å². The van der Waals surface area contributed by atoms with Gasteiger partial charge < -0.3 is 62.7 Å². The Labute approximate surface area is 572 Å². The molecule has 0 radical (unpaired) electrons. The van der Waals surface area contributed by atoms with E-state index in [1.165, 1.54) is 115 Å². The number of carbonyl (C=O) groups excluding carboxylic acids is 4. The number of nitrogen functional groups attached to an aromatic ring is 1. The van der Waals surface area contributed by atoms with Crippen LogP contribution >= 0.6 is 15.6 Å². The number of phosphoric ester groups is 2. The fraction of sp³-hybridized carbons (Fsp3) is 0.855. The molecule has 88 heavy (non-hydrogen) atoms. The number of hydrogen-bond donors (Lipinski definition) is 3. The summed E-state index contributed by atoms with van der Waals surface area (Å²) in [4.78, 5) is 90.6. The van der Waals surface area contributed by atoms with Crippen molar-refractivity contribution in [1.82, 2.24) is 19.9 Å². The standard InChI is InChI=1S/C57H110O17P2.C5H5N5.2Na/c1-5-9-13-17-21-25-29-33-37-41-54(59)67-47-52(73-56(61)43-39-35-31-27-23-19-15-11-7-3)49-71-75(63,64)69-45-51(58)46-70-76(65,66)72-50-53(74-57(62)44-40-36-32-28-24-20-16-12-8-4)48-68-55(60)42-38-34-30-26-22-18-14-10-6-2;6-4-3-5(9-1-7-3)10-2-8-4;;/h51-53,58H,5-50H2,1-4H3,(H,63,64)(H,65,66);1-2H,(H3,6,7,8,9,10);;/q;;2*+1/p-2. The summed E-state index contributed by atoms with van der Waals surface area (Å²) in [5.74, 6) is -1.81. The van der Waals surface area contributed by atoms with E-state index in [0.717, 1.165) is 103 Å². The Kier molecular flexibility index (Phi) is 60.7. The van der Waals surface area contributed by atoms with Gasteiger partial charge in [0.15, 0.2) is 23.7 Å². The molecule has 0 saturated heterocycles. The molecule has 0 aromatic carbocycles. The van der Waals surface area contributed by atoms with E-state index in [4.69, 9.17) is 42.8 Å². The first kappa shape index (κ1) is 88.5. The zero-order valence-corrected chi connectivity index (χ0v) is 61.0. The number of nitrogens with two attached hydrogens (primary N) is 1. The molecule has 0 fully saturated rings. The molecule has 4 unspecified atom stereocenters. The molecular weight excluding hydrogens is 1190 g/mol. The largest absolute Gasteiger partial charge is 1.00 e. The van der Waals surface area contributed by atoms with Gasteiger partial charge in [-0.1, -0.05) is 233 Å². The minimum absolute atomic E-state index is 0. The maximum absolute atomic E-state index is 12.8. The normalized spacial score (nSPS) is 13.6. The molecule has 0 bridgehead atoms. The van der Waals surface area contributed by atoms with Crippen molar-refractivity contribution in [1.29, 1.82) is 0 Å². The quantitative estimate of drug-likeness (QED) is 0.0186. The predicted octanol–water partition coefficient (Wildman–Crippen LogP) is 7.89. The third-order valence-corrected chi connectivity index (χ3v) is 16.2. The molecule has 500 valence electrons. The third-order valence-electron chi connectivity index (χ3n) is 14.3. The Morgan fingerprint density at radius 2 is 0.727 bits per heavy atom. The maximum Gasteiger partial charge on any atom is 1.00 e. The van der Waals surface area contributed by atoms with Gasteiger partial charge in [0, 0.05) is 25.7 Å². The molecular formula is C62H113N5Na2O17P2. The number of aromatic amines is 1. The number of imidazole rings is 1. The minimum atomic E-state index is -5.20. The Morgan fingerprint density at radius 1 is 0.443 bits per heavy atom. The fourth-order valence-electron chi connectivity index (χ4n) is 9.17. The van der Waals surface area contributed by atoms with Crippen LogP contribution in [0.3, 0.4) is 0 Å². The van der Waals surface area contributed by atoms with Gasteiger partial charge in [-0.15, -0.1) is 0 Å². The van der Waals surface area contributed by atoms with Crippen LogP contribution in [0.15, 0.2) is 12.7 Å². The average Bonchev–Trinajstić information content (AvgIpc) is 4.24. The van der Waals surface area contributed by atoms with Gasteiger partial charge in [0.1, 0.15) is 31.2 Å². The van der Waals surface area contributed by atoms with Gasteiger partial charge in [-0.2, -0.15) is 0 Å². The van der Waals surface area contributed by atoms with Crippen molar-refractivity contribution < 1.29 is 139 Å². The number of unbranched alkanes of at least 4 members (excludes halogenated alkanes) is 32. The Bertz CT molecular complexity index is 2000. The van der Waals surface area contributed by atoms with E-state index in [9.17, 15) is 43.2 Å². The van der Waals surface area contributed by atoms with Gasteiger partial charge in [0.2, 0.25) is 0 Å². The topological polar surface area (TPSA) is 323 Å². The summed E-state index contributed by atoms with van der Waals surface area (Å²) < 4.78 is 66.7. The SMILES string of the molecule is CCCCCCCCCCCC(=O)OCC(COP(=O)([O-])OCC(O)COP(=O)([O-])OCC(COC(=O)CCCCCCCCCCC)OC(=O)CCCCCCCCCCC)OC(=O)CCCCCCCCCCC.Nc1ncnc2nc[nH]c12.[Na+].[Na+]. The van der Waals surface area contributed by atoms with E-state index < -0.39 is 97.5 Å². The van der Waals surface area contributed by atoms with Crippen molar-refractivity contribution in [2.24, 2.45) is 0 Å². The number of anilines is 1. The van der Waals surface area contributed by atoms with Crippen LogP contribution in [0.25, 0.3) is 11.2 Å². The number of aromatic nitrogens is 4. The second-order valence-electron chi connectivity index (χ2n) is 22.5. The summed E-state index contributed by atoms with van der Waals surface area (Å²) in [6.07, 6.45) is 37.2. The minimum Gasteiger partial charge on any atom is -0.756 e. The van der Waals surface area contributed by atoms with E-state index in [-0.39, 0.29) is 84.8 Å². The smallest absolute Gasteiger partial charge is 0.756 e. The number of carbonyl (C=O) groups is 4. The number of phosphoric acid groups is 2. The molecule has 0 aliphatic rings. The first-order chi connectivity index (χ1) is 41.5. The van der Waals surface area contributed by atoms with E-state index in [0.29, 0.717) is 42.7 Å². The van der Waals surface area contributed by atoms with E-state index in [1.807, 2.05) is 0 Å². The molecule has 0 aliphatic carbocycles. The van der Waals surface area contributed by atoms with Gasteiger partial charge in [0.25, 0.3) is 15.6 Å². The molecule has 0 amide bonds. The number of ether oxygens (including phenoxy) is 4. The number of nitrogens with zero attached hydrogens (tertiary/aromatic N) is 3. The summed E-state index contributed by atoms with van der Waals surface area (Å²) in [6.45, 7) is 4.36. The van der Waals surface area contributed by atoms with Gasteiger partial charge in [0.05, 0.1) is 32.8 Å². The van der Waals surface area contributed by atoms with Gasteiger partial charge in [-0.05, 0) is 25.7 Å². The van der Waals surface area contributed by atoms with Crippen LogP contribution in [0.5, 0.6) is 0 Å². The summed E-state index contributed by atoms with van der Waals surface area (Å²) in [6, 6.07) is 0. The van der Waals surface area contributed by atoms with Crippen molar-refractivity contribution in [3.05, 3.63) is 12.7 Å². The molecule has 0 saturated carbocycles. The average molecular weight is 1310 g/mol. The molecule has 0 spiro atoms. The molecule has 22 nitrogen and oxygen atoms in total. The Balaban J connectivity index is 0. The van der Waals surface area contributed by atoms with Gasteiger partial charge in [-0.3, -0.25) is 28.3 Å². The molecule has 2 aromatic heterocycles. The fourth-order valence-corrected chi connectivity index (χ4v) is 10.7. The first-order valence-electron chi connectivity index (χ1n) is 33.0. The second-order valence-corrected chi connectivity index (χ2v) is 25.3. The van der Waals surface area contributed by atoms with Crippen LogP contribution in [0.2, 0.25) is 0 Å². The van der Waals surface area contributed by atoms with Crippen LogP contribution in [0, 0.1) is 0 Å². The number of H-pyrrole nitrogens is 1. The predicted molar refractivity (Wildman–Crippen MR) is 330 cm³/mol. The molecule has 4 N–H and O–H groups in total. The van der Waals surface area contributed by atoms with Crippen molar-refractivity contribution in [3.8, 4) is 0 Å². The molecule has 2 heterocycles. The van der Waals surface area contributed by atoms with Crippen LogP contribution in [-0.2, 0) is 65.4 Å². The zero-order valence-electron chi connectivity index (χ0n) is 55.2. The number of esters is 4. The Hall–Kier alpha value is -1.59. The first-order valence-corrected chi connectivity index (χ1v) is 35.9. The van der Waals surface area contributed by atoms with Crippen LogP contribution in [0.1, 0.15) is 285 Å². The summed E-state index contributed by atoms with van der Waals surface area (Å²) in [5.41, 5.74) is 6.78. The van der Waals surface area contributed by atoms with E-state index >= 15 is 0 Å². The number of nitrogens with one attached hydrogen (secondary N) is 1. The van der Waals surface area contributed by atoms with E-state index in [1.54, 1.807) is 0 Å². The van der Waals surface area contributed by atoms with Crippen molar-refractivity contribution in [2.75, 3.05) is 45.4 Å².